The van der Waals surface area contributed by atoms with Gasteiger partial charge in [-0.3, -0.25) is 0 Å². The van der Waals surface area contributed by atoms with E-state index in [1.165, 1.54) is 0 Å². The van der Waals surface area contributed by atoms with Crippen LogP contribution in [-0.4, -0.2) is 30.7 Å². The largest absolute Gasteiger partial charge is 0.378 e. The Kier molecular flexibility index (Phi) is 5.50. The molecule has 18 heavy (non-hydrogen) atoms. The minimum Gasteiger partial charge on any atom is -0.378 e. The molecule has 0 aliphatic heterocycles. The second-order valence-corrected chi connectivity index (χ2v) is 4.27. The van der Waals surface area contributed by atoms with Crippen LogP contribution in [0.1, 0.15) is 38.7 Å². The number of nitrogens with zero attached hydrogens (tertiary/aromatic N) is 2. The van der Waals surface area contributed by atoms with E-state index in [9.17, 15) is 0 Å². The number of nitrogens with one attached hydrogen (secondary N) is 1. The fourth-order valence-electron chi connectivity index (χ4n) is 1.73. The van der Waals surface area contributed by atoms with Gasteiger partial charge in [0, 0.05) is 26.8 Å². The van der Waals surface area contributed by atoms with Crippen molar-refractivity contribution in [3.8, 4) is 0 Å². The standard InChI is InChI=1S/C13H23N3O2/c1-6-13(3,18-7-2)12-15-10(9-17-5)8-11(14-4)16-12/h8H,6-7,9H2,1-5H3,(H,14,15,16). The molecule has 1 heterocycles. The SMILES string of the molecule is CCOC(C)(CC)c1nc(COC)cc(NC)n1. The Morgan fingerprint density at radius 3 is 2.56 bits per heavy atom. The van der Waals surface area contributed by atoms with Gasteiger partial charge in [-0.1, -0.05) is 6.92 Å². The third-order valence-electron chi connectivity index (χ3n) is 2.94. The normalized spacial score (nSPS) is 14.3. The quantitative estimate of drug-likeness (QED) is 0.808. The molecule has 0 bridgehead atoms. The lowest BCUT2D eigenvalue weighted by Gasteiger charge is -2.27. The maximum Gasteiger partial charge on any atom is 0.162 e. The second kappa shape index (κ2) is 6.66. The van der Waals surface area contributed by atoms with Crippen LogP contribution < -0.4 is 5.32 Å². The summed E-state index contributed by atoms with van der Waals surface area (Å²) in [6, 6.07) is 1.88. The molecule has 1 N–H and O–H groups in total. The Hall–Kier alpha value is -1.20. The maximum absolute atomic E-state index is 5.80. The molecule has 1 unspecified atom stereocenters. The Balaban J connectivity index is 3.16. The third kappa shape index (κ3) is 3.40. The van der Waals surface area contributed by atoms with Gasteiger partial charge in [-0.05, 0) is 20.3 Å². The van der Waals surface area contributed by atoms with E-state index in [0.717, 1.165) is 17.9 Å². The number of anilines is 1. The molecule has 1 rings (SSSR count). The molecule has 5 heteroatoms. The molecule has 0 aliphatic rings. The molecule has 0 radical (unpaired) electrons. The molecule has 1 atom stereocenters. The number of ether oxygens (including phenoxy) is 2. The number of hydrogen-bond acceptors (Lipinski definition) is 5. The van der Waals surface area contributed by atoms with Crippen LogP contribution in [0.2, 0.25) is 0 Å². The average Bonchev–Trinajstić information content (AvgIpc) is 2.38. The summed E-state index contributed by atoms with van der Waals surface area (Å²) in [6.07, 6.45) is 0.820. The van der Waals surface area contributed by atoms with Crippen molar-refractivity contribution in [1.29, 1.82) is 0 Å². The highest BCUT2D eigenvalue weighted by Crippen LogP contribution is 2.27. The second-order valence-electron chi connectivity index (χ2n) is 4.27. The summed E-state index contributed by atoms with van der Waals surface area (Å²) in [5.41, 5.74) is 0.399. The molecule has 102 valence electrons. The summed E-state index contributed by atoms with van der Waals surface area (Å²) in [5.74, 6) is 1.48. The maximum atomic E-state index is 5.80. The molecule has 5 nitrogen and oxygen atoms in total. The van der Waals surface area contributed by atoms with Crippen LogP contribution >= 0.6 is 0 Å². The smallest absolute Gasteiger partial charge is 0.162 e. The van der Waals surface area contributed by atoms with Gasteiger partial charge in [0.25, 0.3) is 0 Å². The van der Waals surface area contributed by atoms with Crippen LogP contribution in [0.15, 0.2) is 6.07 Å². The first-order valence-corrected chi connectivity index (χ1v) is 6.28. The molecule has 0 fully saturated rings. The van der Waals surface area contributed by atoms with Gasteiger partial charge in [0.1, 0.15) is 11.4 Å². The topological polar surface area (TPSA) is 56.3 Å². The van der Waals surface area contributed by atoms with Crippen molar-refractivity contribution >= 4 is 5.82 Å². The molecule has 0 saturated carbocycles. The first-order valence-electron chi connectivity index (χ1n) is 6.28. The lowest BCUT2D eigenvalue weighted by Crippen LogP contribution is -2.28. The van der Waals surface area contributed by atoms with Gasteiger partial charge < -0.3 is 14.8 Å². The molecular formula is C13H23N3O2. The van der Waals surface area contributed by atoms with Gasteiger partial charge in [-0.15, -0.1) is 0 Å². The lowest BCUT2D eigenvalue weighted by molar-refractivity contribution is -0.0392. The van der Waals surface area contributed by atoms with Gasteiger partial charge in [-0.2, -0.15) is 0 Å². The van der Waals surface area contributed by atoms with Crippen LogP contribution in [0, 0.1) is 0 Å². The minimum absolute atomic E-state index is 0.454. The van der Waals surface area contributed by atoms with Crippen LogP contribution in [0.4, 0.5) is 5.82 Å². The predicted molar refractivity (Wildman–Crippen MR) is 71.6 cm³/mol. The fraction of sp³-hybridized carbons (Fsp3) is 0.692. The van der Waals surface area contributed by atoms with Crippen molar-refractivity contribution in [2.24, 2.45) is 0 Å². The van der Waals surface area contributed by atoms with Gasteiger partial charge >= 0.3 is 0 Å². The molecule has 0 amide bonds. The van der Waals surface area contributed by atoms with Crippen LogP contribution in [0.25, 0.3) is 0 Å². The Labute approximate surface area is 109 Å². The van der Waals surface area contributed by atoms with Crippen molar-refractivity contribution in [2.75, 3.05) is 26.1 Å². The zero-order valence-electron chi connectivity index (χ0n) is 11.9. The summed E-state index contributed by atoms with van der Waals surface area (Å²) >= 11 is 0. The Morgan fingerprint density at radius 1 is 1.33 bits per heavy atom. The fourth-order valence-corrected chi connectivity index (χ4v) is 1.73. The van der Waals surface area contributed by atoms with E-state index < -0.39 is 5.60 Å². The van der Waals surface area contributed by atoms with E-state index in [0.29, 0.717) is 19.0 Å². The van der Waals surface area contributed by atoms with Gasteiger partial charge in [0.15, 0.2) is 5.82 Å². The van der Waals surface area contributed by atoms with E-state index in [1.807, 2.05) is 27.0 Å². The number of hydrogen-bond donors (Lipinski definition) is 1. The van der Waals surface area contributed by atoms with Gasteiger partial charge in [0.2, 0.25) is 0 Å². The predicted octanol–water partition coefficient (Wildman–Crippen LogP) is 2.33. The van der Waals surface area contributed by atoms with E-state index in [-0.39, 0.29) is 0 Å². The number of methoxy groups -OCH3 is 1. The van der Waals surface area contributed by atoms with Gasteiger partial charge in [0.05, 0.1) is 12.3 Å². The first kappa shape index (κ1) is 14.9. The first-order chi connectivity index (χ1) is 8.59. The molecule has 1 aromatic heterocycles. The van der Waals surface area contributed by atoms with Crippen molar-refractivity contribution in [1.82, 2.24) is 9.97 Å². The summed E-state index contributed by atoms with van der Waals surface area (Å²) < 4.78 is 10.9. The van der Waals surface area contributed by atoms with Crippen LogP contribution in [0.3, 0.4) is 0 Å². The van der Waals surface area contributed by atoms with E-state index >= 15 is 0 Å². The highest BCUT2D eigenvalue weighted by Gasteiger charge is 2.29. The number of aromatic nitrogens is 2. The van der Waals surface area contributed by atoms with E-state index in [1.54, 1.807) is 7.11 Å². The molecule has 0 saturated heterocycles. The number of rotatable bonds is 7. The summed E-state index contributed by atoms with van der Waals surface area (Å²) in [4.78, 5) is 9.02. The Morgan fingerprint density at radius 2 is 2.06 bits per heavy atom. The third-order valence-corrected chi connectivity index (χ3v) is 2.94. The average molecular weight is 253 g/mol. The van der Waals surface area contributed by atoms with Crippen molar-refractivity contribution < 1.29 is 9.47 Å². The lowest BCUT2D eigenvalue weighted by atomic mass is 10.0. The molecule has 1 aromatic rings. The zero-order chi connectivity index (χ0) is 13.6. The van der Waals surface area contributed by atoms with Crippen molar-refractivity contribution in [3.63, 3.8) is 0 Å². The monoisotopic (exact) mass is 253 g/mol. The Bertz CT molecular complexity index is 384. The summed E-state index contributed by atoms with van der Waals surface area (Å²) in [7, 11) is 3.50. The highest BCUT2D eigenvalue weighted by atomic mass is 16.5. The van der Waals surface area contributed by atoms with Gasteiger partial charge in [-0.25, -0.2) is 9.97 Å². The van der Waals surface area contributed by atoms with E-state index in [4.69, 9.17) is 9.47 Å². The summed E-state index contributed by atoms with van der Waals surface area (Å²) in [5, 5.41) is 3.04. The summed E-state index contributed by atoms with van der Waals surface area (Å²) in [6.45, 7) is 7.17. The van der Waals surface area contributed by atoms with Crippen LogP contribution in [-0.2, 0) is 21.7 Å². The molecular weight excluding hydrogens is 230 g/mol. The molecule has 0 aromatic carbocycles. The van der Waals surface area contributed by atoms with E-state index in [2.05, 4.69) is 22.2 Å². The minimum atomic E-state index is -0.454. The highest BCUT2D eigenvalue weighted by molar-refractivity contribution is 5.35. The molecule has 0 spiro atoms. The van der Waals surface area contributed by atoms with Crippen molar-refractivity contribution in [3.05, 3.63) is 17.6 Å². The molecule has 0 aliphatic carbocycles. The zero-order valence-corrected chi connectivity index (χ0v) is 11.9. The van der Waals surface area contributed by atoms with Crippen molar-refractivity contribution in [2.45, 2.75) is 39.4 Å². The van der Waals surface area contributed by atoms with Crippen LogP contribution in [0.5, 0.6) is 0 Å².